The van der Waals surface area contributed by atoms with E-state index in [1.165, 1.54) is 12.7 Å². The van der Waals surface area contributed by atoms with E-state index in [0.717, 1.165) is 17.7 Å². The quantitative estimate of drug-likeness (QED) is 0.511. The molecule has 2 aromatic rings. The van der Waals surface area contributed by atoms with Gasteiger partial charge in [0.15, 0.2) is 5.11 Å². The Hall–Kier alpha value is -3.19. The Morgan fingerprint density at radius 1 is 1.16 bits per heavy atom. The Morgan fingerprint density at radius 3 is 2.56 bits per heavy atom. The molecule has 166 valence electrons. The van der Waals surface area contributed by atoms with Gasteiger partial charge in [0, 0.05) is 23.8 Å². The summed E-state index contributed by atoms with van der Waals surface area (Å²) in [5, 5.41) is 6.86. The first-order chi connectivity index (χ1) is 15.4. The Labute approximate surface area is 193 Å². The van der Waals surface area contributed by atoms with Crippen LogP contribution in [0.2, 0.25) is 0 Å². The van der Waals surface area contributed by atoms with Gasteiger partial charge in [0.1, 0.15) is 0 Å². The second-order valence-corrected chi connectivity index (χ2v) is 8.48. The van der Waals surface area contributed by atoms with Crippen molar-refractivity contribution in [3.05, 3.63) is 77.0 Å². The average molecular weight is 450 g/mol. The summed E-state index contributed by atoms with van der Waals surface area (Å²) in [5.41, 5.74) is 4.00. The summed E-state index contributed by atoms with van der Waals surface area (Å²) in [7, 11) is 1.37. The molecule has 1 aliphatic heterocycles. The van der Waals surface area contributed by atoms with Crippen molar-refractivity contribution in [3.8, 4) is 0 Å². The van der Waals surface area contributed by atoms with E-state index in [2.05, 4.69) is 22.8 Å². The largest absolute Gasteiger partial charge is 0.466 e. The van der Waals surface area contributed by atoms with Crippen LogP contribution in [0.3, 0.4) is 0 Å². The number of hydrogen-bond donors (Lipinski definition) is 2. The second kappa shape index (κ2) is 9.12. The highest BCUT2D eigenvalue weighted by molar-refractivity contribution is 7.80. The fourth-order valence-electron chi connectivity index (χ4n) is 4.37. The lowest BCUT2D eigenvalue weighted by molar-refractivity contribution is -0.136. The smallest absolute Gasteiger partial charge is 0.337 e. The van der Waals surface area contributed by atoms with Crippen molar-refractivity contribution in [1.29, 1.82) is 0 Å². The van der Waals surface area contributed by atoms with Crippen LogP contribution in [-0.2, 0) is 14.3 Å². The SMILES string of the molecule is CCN1C(=S)N[C@H](c2cccc(NC(=O)[C@@H]3C[C@@H]3c3ccccc3)c2)C(C(=O)OC)=C1C. The number of ether oxygens (including phenoxy) is 1. The van der Waals surface area contributed by atoms with Crippen LogP contribution in [0, 0.1) is 5.92 Å². The molecular formula is C25H27N3O3S. The van der Waals surface area contributed by atoms with E-state index >= 15 is 0 Å². The number of rotatable bonds is 6. The molecule has 1 heterocycles. The van der Waals surface area contributed by atoms with Crippen molar-refractivity contribution in [2.75, 3.05) is 19.0 Å². The van der Waals surface area contributed by atoms with Gasteiger partial charge in [-0.1, -0.05) is 42.5 Å². The standard InChI is InChI=1S/C25H27N3O3S/c1-4-28-15(2)21(24(30)31-3)22(27-25(28)32)17-11-8-12-18(13-17)26-23(29)20-14-19(20)16-9-6-5-7-10-16/h5-13,19-20,22H,4,14H2,1-3H3,(H,26,29)(H,27,32)/t19-,20-,22-/m1/s1. The molecule has 1 amide bonds. The van der Waals surface area contributed by atoms with Crippen LogP contribution in [0.5, 0.6) is 0 Å². The molecule has 0 saturated heterocycles. The van der Waals surface area contributed by atoms with E-state index in [0.29, 0.717) is 22.9 Å². The van der Waals surface area contributed by atoms with E-state index in [1.807, 2.05) is 61.2 Å². The first kappa shape index (κ1) is 22.0. The lowest BCUT2D eigenvalue weighted by Crippen LogP contribution is -2.47. The Balaban J connectivity index is 1.55. The van der Waals surface area contributed by atoms with Crippen molar-refractivity contribution in [1.82, 2.24) is 10.2 Å². The van der Waals surface area contributed by atoms with Gasteiger partial charge in [-0.05, 0) is 61.7 Å². The number of carbonyl (C=O) groups excluding carboxylic acids is 2. The maximum Gasteiger partial charge on any atom is 0.337 e. The molecule has 6 nitrogen and oxygen atoms in total. The number of thiocarbonyl (C=S) groups is 1. The van der Waals surface area contributed by atoms with E-state index in [1.54, 1.807) is 0 Å². The minimum atomic E-state index is -0.451. The summed E-state index contributed by atoms with van der Waals surface area (Å²) in [6.45, 7) is 4.49. The predicted octanol–water partition coefficient (Wildman–Crippen LogP) is 4.13. The summed E-state index contributed by atoms with van der Waals surface area (Å²) in [6.07, 6.45) is 0.856. The number of amides is 1. The van der Waals surface area contributed by atoms with Crippen molar-refractivity contribution in [3.63, 3.8) is 0 Å². The third-order valence-corrected chi connectivity index (χ3v) is 6.50. The summed E-state index contributed by atoms with van der Waals surface area (Å²) >= 11 is 5.52. The topological polar surface area (TPSA) is 70.7 Å². The van der Waals surface area contributed by atoms with E-state index < -0.39 is 12.0 Å². The van der Waals surface area contributed by atoms with Gasteiger partial charge in [-0.25, -0.2) is 4.79 Å². The fourth-order valence-corrected chi connectivity index (χ4v) is 4.75. The second-order valence-electron chi connectivity index (χ2n) is 8.09. The molecule has 0 unspecified atom stereocenters. The van der Waals surface area contributed by atoms with Gasteiger partial charge in [0.2, 0.25) is 5.91 Å². The molecule has 2 aliphatic rings. The lowest BCUT2D eigenvalue weighted by Gasteiger charge is -2.37. The highest BCUT2D eigenvalue weighted by Crippen LogP contribution is 2.48. The van der Waals surface area contributed by atoms with Crippen LogP contribution in [-0.4, -0.2) is 35.5 Å². The number of anilines is 1. The Bertz CT molecular complexity index is 1080. The minimum absolute atomic E-state index is 0.0141. The third kappa shape index (κ3) is 4.25. The molecule has 1 saturated carbocycles. The van der Waals surface area contributed by atoms with Gasteiger partial charge < -0.3 is 20.3 Å². The summed E-state index contributed by atoms with van der Waals surface area (Å²) in [5.74, 6) is -0.139. The molecule has 4 rings (SSSR count). The number of allylic oxidation sites excluding steroid dienone is 1. The maximum absolute atomic E-state index is 12.8. The molecule has 2 aromatic carbocycles. The van der Waals surface area contributed by atoms with Crippen LogP contribution in [0.4, 0.5) is 5.69 Å². The molecule has 7 heteroatoms. The number of carbonyl (C=O) groups is 2. The average Bonchev–Trinajstić information content (AvgIpc) is 3.60. The molecule has 1 fully saturated rings. The van der Waals surface area contributed by atoms with Crippen LogP contribution in [0.25, 0.3) is 0 Å². The van der Waals surface area contributed by atoms with Gasteiger partial charge in [-0.3, -0.25) is 4.79 Å². The molecule has 32 heavy (non-hydrogen) atoms. The van der Waals surface area contributed by atoms with Crippen LogP contribution >= 0.6 is 12.2 Å². The zero-order chi connectivity index (χ0) is 22.8. The van der Waals surface area contributed by atoms with E-state index in [4.69, 9.17) is 17.0 Å². The maximum atomic E-state index is 12.8. The van der Waals surface area contributed by atoms with E-state index in [9.17, 15) is 9.59 Å². The Morgan fingerprint density at radius 2 is 1.88 bits per heavy atom. The van der Waals surface area contributed by atoms with Gasteiger partial charge in [-0.2, -0.15) is 0 Å². The van der Waals surface area contributed by atoms with Crippen molar-refractivity contribution in [2.45, 2.75) is 32.2 Å². The summed E-state index contributed by atoms with van der Waals surface area (Å²) in [4.78, 5) is 27.3. The molecule has 3 atom stereocenters. The third-order valence-electron chi connectivity index (χ3n) is 6.16. The molecule has 0 radical (unpaired) electrons. The summed E-state index contributed by atoms with van der Waals surface area (Å²) in [6, 6.07) is 17.2. The normalized spacial score (nSPS) is 22.3. The Kier molecular flexibility index (Phi) is 6.28. The number of hydrogen-bond acceptors (Lipinski definition) is 4. The monoisotopic (exact) mass is 449 g/mol. The number of benzene rings is 2. The van der Waals surface area contributed by atoms with Crippen LogP contribution < -0.4 is 10.6 Å². The predicted molar refractivity (Wildman–Crippen MR) is 128 cm³/mol. The van der Waals surface area contributed by atoms with Crippen molar-refractivity contribution >= 4 is 34.9 Å². The highest BCUT2D eigenvalue weighted by Gasteiger charge is 2.44. The van der Waals surface area contributed by atoms with Crippen LogP contribution in [0.15, 0.2) is 65.9 Å². The minimum Gasteiger partial charge on any atom is -0.466 e. The first-order valence-corrected chi connectivity index (χ1v) is 11.2. The number of esters is 1. The molecule has 0 bridgehead atoms. The molecule has 0 spiro atoms. The molecule has 2 N–H and O–H groups in total. The number of methoxy groups -OCH3 is 1. The van der Waals surface area contributed by atoms with Gasteiger partial charge in [-0.15, -0.1) is 0 Å². The van der Waals surface area contributed by atoms with Gasteiger partial charge in [0.25, 0.3) is 0 Å². The number of nitrogens with zero attached hydrogens (tertiary/aromatic N) is 1. The van der Waals surface area contributed by atoms with Crippen molar-refractivity contribution in [2.24, 2.45) is 5.92 Å². The fraction of sp³-hybridized carbons (Fsp3) is 0.320. The zero-order valence-corrected chi connectivity index (χ0v) is 19.2. The van der Waals surface area contributed by atoms with Gasteiger partial charge >= 0.3 is 5.97 Å². The summed E-state index contributed by atoms with van der Waals surface area (Å²) < 4.78 is 5.05. The molecular weight excluding hydrogens is 422 g/mol. The number of nitrogens with one attached hydrogen (secondary N) is 2. The molecule has 0 aromatic heterocycles. The first-order valence-electron chi connectivity index (χ1n) is 10.8. The van der Waals surface area contributed by atoms with Crippen molar-refractivity contribution < 1.29 is 14.3 Å². The highest BCUT2D eigenvalue weighted by atomic mass is 32.1. The zero-order valence-electron chi connectivity index (χ0n) is 18.4. The van der Waals surface area contributed by atoms with E-state index in [-0.39, 0.29) is 17.7 Å². The lowest BCUT2D eigenvalue weighted by atomic mass is 9.94. The van der Waals surface area contributed by atoms with Gasteiger partial charge in [0.05, 0.1) is 18.7 Å². The van der Waals surface area contributed by atoms with Crippen LogP contribution in [0.1, 0.15) is 43.4 Å². The molecule has 1 aliphatic carbocycles.